The maximum atomic E-state index is 13.6. The lowest BCUT2D eigenvalue weighted by Crippen LogP contribution is -2.50. The van der Waals surface area contributed by atoms with Crippen LogP contribution in [0.4, 0.5) is 0 Å². The van der Waals surface area contributed by atoms with Crippen molar-refractivity contribution in [2.75, 3.05) is 46.5 Å². The third kappa shape index (κ3) is 6.21. The number of ether oxygens (including phenoxy) is 2. The molecular weight excluding hydrogens is 442 g/mol. The van der Waals surface area contributed by atoms with Crippen LogP contribution in [0.5, 0.6) is 5.88 Å². The van der Waals surface area contributed by atoms with E-state index in [1.165, 1.54) is 5.56 Å². The highest BCUT2D eigenvalue weighted by Gasteiger charge is 2.34. The summed E-state index contributed by atoms with van der Waals surface area (Å²) in [5, 5.41) is 9.89. The summed E-state index contributed by atoms with van der Waals surface area (Å²) < 4.78 is 12.0. The molecule has 0 unspecified atom stereocenters. The SMILES string of the molecule is Cc1ccc(-c2cnc3c(c2)C(=O)N([C@@H](C)CO)C[C@H](C)[C@H](CN(C)CC2CCOCC2)O3)cc1. The van der Waals surface area contributed by atoms with E-state index in [4.69, 9.17) is 9.47 Å². The summed E-state index contributed by atoms with van der Waals surface area (Å²) in [6.07, 6.45) is 3.84. The van der Waals surface area contributed by atoms with Crippen molar-refractivity contribution >= 4 is 5.91 Å². The average Bonchev–Trinajstić information content (AvgIpc) is 2.86. The van der Waals surface area contributed by atoms with Gasteiger partial charge in [0.1, 0.15) is 11.7 Å². The second-order valence-electron chi connectivity index (χ2n) is 10.3. The predicted octanol–water partition coefficient (Wildman–Crippen LogP) is 3.64. The number of hydrogen-bond acceptors (Lipinski definition) is 6. The highest BCUT2D eigenvalue weighted by atomic mass is 16.5. The molecule has 1 saturated heterocycles. The lowest BCUT2D eigenvalue weighted by atomic mass is 9.97. The molecule has 190 valence electrons. The number of amides is 1. The smallest absolute Gasteiger partial charge is 0.259 e. The molecule has 1 N–H and O–H groups in total. The Kier molecular flexibility index (Phi) is 8.42. The van der Waals surface area contributed by atoms with Crippen LogP contribution >= 0.6 is 0 Å². The van der Waals surface area contributed by atoms with E-state index in [0.29, 0.717) is 23.9 Å². The third-order valence-electron chi connectivity index (χ3n) is 7.31. The van der Waals surface area contributed by atoms with Gasteiger partial charge in [-0.2, -0.15) is 0 Å². The van der Waals surface area contributed by atoms with E-state index in [9.17, 15) is 9.90 Å². The molecule has 35 heavy (non-hydrogen) atoms. The lowest BCUT2D eigenvalue weighted by molar-refractivity contribution is 0.0254. The van der Waals surface area contributed by atoms with E-state index in [2.05, 4.69) is 42.9 Å². The van der Waals surface area contributed by atoms with Crippen molar-refractivity contribution < 1.29 is 19.4 Å². The standard InChI is InChI=1S/C28H39N3O4/c1-19-5-7-23(8-6-19)24-13-25-27(29-14-24)35-26(17-30(4)16-22-9-11-34-12-10-22)20(2)15-31(28(25)33)21(3)18-32/h5-8,13-14,20-22,26,32H,9-12,15-18H2,1-4H3/t20-,21-,26-/m0/s1. The number of likely N-dealkylation sites (N-methyl/N-ethyl adjacent to an activating group) is 1. The van der Waals surface area contributed by atoms with Crippen molar-refractivity contribution in [3.63, 3.8) is 0 Å². The van der Waals surface area contributed by atoms with E-state index in [-0.39, 0.29) is 30.6 Å². The van der Waals surface area contributed by atoms with Crippen molar-refractivity contribution in [1.82, 2.24) is 14.8 Å². The number of hydrogen-bond donors (Lipinski definition) is 1. The number of rotatable bonds is 7. The fourth-order valence-corrected chi connectivity index (χ4v) is 4.98. The quantitative estimate of drug-likeness (QED) is 0.651. The molecule has 1 aromatic heterocycles. The molecule has 0 radical (unpaired) electrons. The first-order valence-corrected chi connectivity index (χ1v) is 12.8. The fraction of sp³-hybridized carbons (Fsp3) is 0.571. The number of aromatic nitrogens is 1. The normalized spacial score (nSPS) is 22.3. The number of fused-ring (bicyclic) bond motifs is 1. The second-order valence-corrected chi connectivity index (χ2v) is 10.3. The molecular formula is C28H39N3O4. The van der Waals surface area contributed by atoms with Crippen LogP contribution in [0.2, 0.25) is 0 Å². The Morgan fingerprint density at radius 1 is 1.17 bits per heavy atom. The van der Waals surface area contributed by atoms with Gasteiger partial charge in [-0.3, -0.25) is 4.79 Å². The summed E-state index contributed by atoms with van der Waals surface area (Å²) in [5.41, 5.74) is 3.51. The topological polar surface area (TPSA) is 75.1 Å². The molecule has 3 heterocycles. The zero-order valence-electron chi connectivity index (χ0n) is 21.4. The Hall–Kier alpha value is -2.48. The molecule has 7 nitrogen and oxygen atoms in total. The number of aliphatic hydroxyl groups is 1. The largest absolute Gasteiger partial charge is 0.472 e. The van der Waals surface area contributed by atoms with Gasteiger partial charge < -0.3 is 24.4 Å². The summed E-state index contributed by atoms with van der Waals surface area (Å²) in [7, 11) is 2.14. The van der Waals surface area contributed by atoms with Crippen LogP contribution in [0.3, 0.4) is 0 Å². The van der Waals surface area contributed by atoms with Crippen LogP contribution in [0.15, 0.2) is 36.5 Å². The molecule has 3 atom stereocenters. The van der Waals surface area contributed by atoms with Gasteiger partial charge in [-0.25, -0.2) is 4.98 Å². The van der Waals surface area contributed by atoms with Crippen LogP contribution in [0.1, 0.15) is 42.6 Å². The number of carbonyl (C=O) groups is 1. The van der Waals surface area contributed by atoms with Crippen molar-refractivity contribution in [2.24, 2.45) is 11.8 Å². The summed E-state index contributed by atoms with van der Waals surface area (Å²) in [5.74, 6) is 0.935. The minimum atomic E-state index is -0.292. The van der Waals surface area contributed by atoms with Gasteiger partial charge >= 0.3 is 0 Å². The Bertz CT molecular complexity index is 990. The maximum absolute atomic E-state index is 13.6. The van der Waals surface area contributed by atoms with Crippen LogP contribution in [0, 0.1) is 18.8 Å². The van der Waals surface area contributed by atoms with Crippen LogP contribution < -0.4 is 4.74 Å². The average molecular weight is 482 g/mol. The number of benzene rings is 1. The van der Waals surface area contributed by atoms with E-state index < -0.39 is 0 Å². The Labute approximate surface area is 209 Å². The van der Waals surface area contributed by atoms with Gasteiger partial charge in [0.25, 0.3) is 5.91 Å². The Morgan fingerprint density at radius 2 is 1.89 bits per heavy atom. The van der Waals surface area contributed by atoms with Gasteiger partial charge in [-0.05, 0) is 51.3 Å². The predicted molar refractivity (Wildman–Crippen MR) is 137 cm³/mol. The first-order chi connectivity index (χ1) is 16.9. The van der Waals surface area contributed by atoms with Gasteiger partial charge in [0.2, 0.25) is 5.88 Å². The number of aryl methyl sites for hydroxylation is 1. The molecule has 1 amide bonds. The fourth-order valence-electron chi connectivity index (χ4n) is 4.98. The van der Waals surface area contributed by atoms with Gasteiger partial charge in [0.05, 0.1) is 12.6 Å². The number of carbonyl (C=O) groups excluding carboxylic acids is 1. The molecule has 0 aliphatic carbocycles. The summed E-state index contributed by atoms with van der Waals surface area (Å²) in [6, 6.07) is 9.77. The van der Waals surface area contributed by atoms with Crippen molar-refractivity contribution in [1.29, 1.82) is 0 Å². The number of nitrogens with zero attached hydrogens (tertiary/aromatic N) is 3. The molecule has 1 fully saturated rings. The molecule has 7 heteroatoms. The van der Waals surface area contributed by atoms with Gasteiger partial charge in [-0.15, -0.1) is 0 Å². The molecule has 0 saturated carbocycles. The lowest BCUT2D eigenvalue weighted by Gasteiger charge is -2.38. The molecule has 0 spiro atoms. The highest BCUT2D eigenvalue weighted by Crippen LogP contribution is 2.30. The second kappa shape index (κ2) is 11.5. The first kappa shape index (κ1) is 25.6. The number of aliphatic hydroxyl groups excluding tert-OH is 1. The van der Waals surface area contributed by atoms with Gasteiger partial charge in [0, 0.05) is 50.5 Å². The summed E-state index contributed by atoms with van der Waals surface area (Å²) >= 11 is 0. The number of pyridine rings is 1. The van der Waals surface area contributed by atoms with Crippen LogP contribution in [-0.4, -0.2) is 84.4 Å². The maximum Gasteiger partial charge on any atom is 0.259 e. The minimum absolute atomic E-state index is 0.0804. The molecule has 2 aliphatic rings. The van der Waals surface area contributed by atoms with Crippen molar-refractivity contribution in [3.8, 4) is 17.0 Å². The minimum Gasteiger partial charge on any atom is -0.472 e. The van der Waals surface area contributed by atoms with E-state index in [1.807, 2.05) is 25.1 Å². The third-order valence-corrected chi connectivity index (χ3v) is 7.31. The highest BCUT2D eigenvalue weighted by molar-refractivity contribution is 5.98. The molecule has 1 aromatic carbocycles. The van der Waals surface area contributed by atoms with Gasteiger partial charge in [-0.1, -0.05) is 36.8 Å². The van der Waals surface area contributed by atoms with Gasteiger partial charge in [0.15, 0.2) is 0 Å². The first-order valence-electron chi connectivity index (χ1n) is 12.8. The van der Waals surface area contributed by atoms with Crippen molar-refractivity contribution in [2.45, 2.75) is 45.8 Å². The van der Waals surface area contributed by atoms with Crippen molar-refractivity contribution in [3.05, 3.63) is 47.7 Å². The zero-order valence-corrected chi connectivity index (χ0v) is 21.4. The van der Waals surface area contributed by atoms with Crippen LogP contribution in [-0.2, 0) is 4.74 Å². The zero-order chi connectivity index (χ0) is 24.9. The Morgan fingerprint density at radius 3 is 2.57 bits per heavy atom. The Balaban J connectivity index is 1.62. The molecule has 0 bridgehead atoms. The molecule has 4 rings (SSSR count). The molecule has 2 aliphatic heterocycles. The van der Waals surface area contributed by atoms with E-state index in [0.717, 1.165) is 50.3 Å². The molecule has 2 aromatic rings. The van der Waals surface area contributed by atoms with Crippen LogP contribution in [0.25, 0.3) is 11.1 Å². The monoisotopic (exact) mass is 481 g/mol. The summed E-state index contributed by atoms with van der Waals surface area (Å²) in [6.45, 7) is 9.90. The van der Waals surface area contributed by atoms with E-state index >= 15 is 0 Å². The summed E-state index contributed by atoms with van der Waals surface area (Å²) in [4.78, 5) is 22.4. The van der Waals surface area contributed by atoms with E-state index in [1.54, 1.807) is 11.1 Å².